The van der Waals surface area contributed by atoms with E-state index in [-0.39, 0.29) is 30.3 Å². The molecule has 168 valence electrons. The molecule has 2 rings (SSSR count). The standard InChI is InChI=1S/C26H35NO4/c1-19(18-31-23-14-12-22(13-15-23)26(2,3)4)6-7-20-8-10-21(11-9-20)25(29)27-17-16-24(28)30-5/h8-15,19H,6-7,16-18H2,1-5H3,(H,27,29). The molecule has 0 saturated heterocycles. The number of carbonyl (C=O) groups excluding carboxylic acids is 2. The van der Waals surface area contributed by atoms with E-state index in [0.717, 1.165) is 18.6 Å². The van der Waals surface area contributed by atoms with E-state index in [4.69, 9.17) is 4.74 Å². The van der Waals surface area contributed by atoms with Gasteiger partial charge in [0.05, 0.1) is 20.1 Å². The fraction of sp³-hybridized carbons (Fsp3) is 0.462. The molecule has 1 atom stereocenters. The highest BCUT2D eigenvalue weighted by Gasteiger charge is 2.13. The fourth-order valence-electron chi connectivity index (χ4n) is 3.09. The van der Waals surface area contributed by atoms with E-state index in [1.807, 2.05) is 36.4 Å². The number of hydrogen-bond donors (Lipinski definition) is 1. The molecule has 0 bridgehead atoms. The lowest BCUT2D eigenvalue weighted by Gasteiger charge is -2.19. The van der Waals surface area contributed by atoms with Crippen LogP contribution in [-0.2, 0) is 21.4 Å². The summed E-state index contributed by atoms with van der Waals surface area (Å²) in [5.74, 6) is 0.802. The highest BCUT2D eigenvalue weighted by Crippen LogP contribution is 2.24. The molecule has 0 aromatic heterocycles. The van der Waals surface area contributed by atoms with Gasteiger partial charge in [-0.2, -0.15) is 0 Å². The van der Waals surface area contributed by atoms with Crippen LogP contribution in [0.1, 0.15) is 62.0 Å². The average Bonchev–Trinajstić information content (AvgIpc) is 2.76. The maximum absolute atomic E-state index is 12.1. The number of ether oxygens (including phenoxy) is 2. The minimum absolute atomic E-state index is 0.144. The molecular formula is C26H35NO4. The van der Waals surface area contributed by atoms with Crippen molar-refractivity contribution in [3.8, 4) is 5.75 Å². The van der Waals surface area contributed by atoms with E-state index in [2.05, 4.69) is 49.9 Å². The molecule has 2 aromatic rings. The Morgan fingerprint density at radius 2 is 1.65 bits per heavy atom. The molecule has 0 aliphatic heterocycles. The van der Waals surface area contributed by atoms with Crippen LogP contribution in [0, 0.1) is 5.92 Å². The van der Waals surface area contributed by atoms with E-state index < -0.39 is 0 Å². The summed E-state index contributed by atoms with van der Waals surface area (Å²) in [6.45, 7) is 9.74. The molecule has 5 heteroatoms. The van der Waals surface area contributed by atoms with Crippen molar-refractivity contribution in [1.82, 2.24) is 5.32 Å². The van der Waals surface area contributed by atoms with Gasteiger partial charge in [0.1, 0.15) is 5.75 Å². The van der Waals surface area contributed by atoms with Crippen molar-refractivity contribution in [1.29, 1.82) is 0 Å². The Morgan fingerprint density at radius 1 is 1.00 bits per heavy atom. The number of methoxy groups -OCH3 is 1. The summed E-state index contributed by atoms with van der Waals surface area (Å²) in [5, 5.41) is 2.72. The first kappa shape index (κ1) is 24.4. The van der Waals surface area contributed by atoms with Gasteiger partial charge in [0.25, 0.3) is 5.91 Å². The van der Waals surface area contributed by atoms with Crippen LogP contribution >= 0.6 is 0 Å². The zero-order chi connectivity index (χ0) is 22.9. The SMILES string of the molecule is COC(=O)CCNC(=O)c1ccc(CCC(C)COc2ccc(C(C)(C)C)cc2)cc1. The van der Waals surface area contributed by atoms with Crippen LogP contribution in [0.25, 0.3) is 0 Å². The second-order valence-electron chi connectivity index (χ2n) is 9.01. The molecule has 1 N–H and O–H groups in total. The summed E-state index contributed by atoms with van der Waals surface area (Å²) >= 11 is 0. The van der Waals surface area contributed by atoms with Crippen molar-refractivity contribution in [2.45, 2.75) is 52.4 Å². The van der Waals surface area contributed by atoms with Gasteiger partial charge in [-0.15, -0.1) is 0 Å². The first-order valence-corrected chi connectivity index (χ1v) is 10.9. The predicted octanol–water partition coefficient (Wildman–Crippen LogP) is 4.92. The zero-order valence-electron chi connectivity index (χ0n) is 19.4. The van der Waals surface area contributed by atoms with E-state index in [0.29, 0.717) is 18.1 Å². The van der Waals surface area contributed by atoms with E-state index in [1.165, 1.54) is 18.2 Å². The largest absolute Gasteiger partial charge is 0.493 e. The van der Waals surface area contributed by atoms with Crippen LogP contribution in [0.4, 0.5) is 0 Å². The van der Waals surface area contributed by atoms with Crippen LogP contribution in [-0.4, -0.2) is 32.1 Å². The number of amides is 1. The summed E-state index contributed by atoms with van der Waals surface area (Å²) < 4.78 is 10.5. The molecule has 0 aliphatic carbocycles. The van der Waals surface area contributed by atoms with Gasteiger partial charge in [0, 0.05) is 12.1 Å². The highest BCUT2D eigenvalue weighted by molar-refractivity contribution is 5.94. The van der Waals surface area contributed by atoms with Crippen LogP contribution in [0.3, 0.4) is 0 Å². The number of benzene rings is 2. The molecular weight excluding hydrogens is 390 g/mol. The summed E-state index contributed by atoms with van der Waals surface area (Å²) in [7, 11) is 1.33. The van der Waals surface area contributed by atoms with Gasteiger partial charge in [-0.3, -0.25) is 9.59 Å². The molecule has 0 fully saturated rings. The number of esters is 1. The number of aryl methyl sites for hydroxylation is 1. The Labute approximate surface area is 186 Å². The van der Waals surface area contributed by atoms with Crippen molar-refractivity contribution in [2.24, 2.45) is 5.92 Å². The van der Waals surface area contributed by atoms with Gasteiger partial charge < -0.3 is 14.8 Å². The molecule has 0 spiro atoms. The van der Waals surface area contributed by atoms with Gasteiger partial charge in [0.15, 0.2) is 0 Å². The Morgan fingerprint density at radius 3 is 2.23 bits per heavy atom. The van der Waals surface area contributed by atoms with E-state index in [9.17, 15) is 9.59 Å². The maximum Gasteiger partial charge on any atom is 0.307 e. The molecule has 0 saturated carbocycles. The number of nitrogens with one attached hydrogen (secondary N) is 1. The monoisotopic (exact) mass is 425 g/mol. The molecule has 1 unspecified atom stereocenters. The zero-order valence-corrected chi connectivity index (χ0v) is 19.4. The Balaban J connectivity index is 1.73. The molecule has 1 amide bonds. The van der Waals surface area contributed by atoms with E-state index >= 15 is 0 Å². The first-order valence-electron chi connectivity index (χ1n) is 10.9. The lowest BCUT2D eigenvalue weighted by Crippen LogP contribution is -2.26. The topological polar surface area (TPSA) is 64.6 Å². The molecule has 5 nitrogen and oxygen atoms in total. The Hall–Kier alpha value is -2.82. The van der Waals surface area contributed by atoms with Gasteiger partial charge in [0.2, 0.25) is 0 Å². The molecule has 2 aromatic carbocycles. The second-order valence-corrected chi connectivity index (χ2v) is 9.01. The third kappa shape index (κ3) is 8.44. The Kier molecular flexibility index (Phi) is 9.10. The first-order chi connectivity index (χ1) is 14.7. The van der Waals surface area contributed by atoms with Crippen molar-refractivity contribution in [2.75, 3.05) is 20.3 Å². The second kappa shape index (κ2) is 11.5. The van der Waals surface area contributed by atoms with Gasteiger partial charge in [-0.05, 0) is 59.6 Å². The van der Waals surface area contributed by atoms with Crippen molar-refractivity contribution < 1.29 is 19.1 Å². The highest BCUT2D eigenvalue weighted by atomic mass is 16.5. The van der Waals surface area contributed by atoms with Crippen LogP contribution in [0.15, 0.2) is 48.5 Å². The molecule has 0 heterocycles. The van der Waals surface area contributed by atoms with Crippen LogP contribution in [0.5, 0.6) is 5.75 Å². The van der Waals surface area contributed by atoms with Crippen LogP contribution < -0.4 is 10.1 Å². The van der Waals surface area contributed by atoms with E-state index in [1.54, 1.807) is 0 Å². The van der Waals surface area contributed by atoms with Crippen LogP contribution in [0.2, 0.25) is 0 Å². The number of carbonyl (C=O) groups is 2. The number of rotatable bonds is 10. The third-order valence-electron chi connectivity index (χ3n) is 5.24. The molecule has 0 radical (unpaired) electrons. The van der Waals surface area contributed by atoms with Crippen molar-refractivity contribution in [3.05, 3.63) is 65.2 Å². The molecule has 0 aliphatic rings. The fourth-order valence-corrected chi connectivity index (χ4v) is 3.09. The third-order valence-corrected chi connectivity index (χ3v) is 5.24. The molecule has 31 heavy (non-hydrogen) atoms. The van der Waals surface area contributed by atoms with Gasteiger partial charge in [-0.25, -0.2) is 0 Å². The van der Waals surface area contributed by atoms with Crippen molar-refractivity contribution in [3.63, 3.8) is 0 Å². The summed E-state index contributed by atoms with van der Waals surface area (Å²) in [6, 6.07) is 16.0. The minimum Gasteiger partial charge on any atom is -0.493 e. The predicted molar refractivity (Wildman–Crippen MR) is 124 cm³/mol. The van der Waals surface area contributed by atoms with Gasteiger partial charge in [-0.1, -0.05) is 52.0 Å². The quantitative estimate of drug-likeness (QED) is 0.549. The minimum atomic E-state index is -0.337. The van der Waals surface area contributed by atoms with Crippen molar-refractivity contribution >= 4 is 11.9 Å². The number of hydrogen-bond acceptors (Lipinski definition) is 4. The average molecular weight is 426 g/mol. The van der Waals surface area contributed by atoms with Gasteiger partial charge >= 0.3 is 5.97 Å². The summed E-state index contributed by atoms with van der Waals surface area (Å²) in [4.78, 5) is 23.2. The smallest absolute Gasteiger partial charge is 0.307 e. The normalized spacial score (nSPS) is 12.2. The summed E-state index contributed by atoms with van der Waals surface area (Å²) in [5.41, 5.74) is 3.22. The lowest BCUT2D eigenvalue weighted by molar-refractivity contribution is -0.140. The maximum atomic E-state index is 12.1. The lowest BCUT2D eigenvalue weighted by atomic mass is 9.87. The summed E-state index contributed by atoms with van der Waals surface area (Å²) in [6.07, 6.45) is 2.10. The Bertz CT molecular complexity index is 835.